The van der Waals surface area contributed by atoms with Gasteiger partial charge >= 0.3 is 0 Å². The lowest BCUT2D eigenvalue weighted by Gasteiger charge is -2.15. The highest BCUT2D eigenvalue weighted by atomic mass is 16.5. The first-order valence-electron chi connectivity index (χ1n) is 7.53. The van der Waals surface area contributed by atoms with Crippen molar-refractivity contribution in [1.29, 1.82) is 0 Å². The Hall–Kier alpha value is -2.33. The van der Waals surface area contributed by atoms with Gasteiger partial charge in [-0.25, -0.2) is 0 Å². The summed E-state index contributed by atoms with van der Waals surface area (Å²) in [6.45, 7) is 4.12. The van der Waals surface area contributed by atoms with Gasteiger partial charge in [0.1, 0.15) is 5.75 Å². The summed E-state index contributed by atoms with van der Waals surface area (Å²) in [5, 5.41) is 6.24. The van der Waals surface area contributed by atoms with Crippen molar-refractivity contribution in [1.82, 2.24) is 10.6 Å². The first kappa shape index (κ1) is 14.6. The van der Waals surface area contributed by atoms with Gasteiger partial charge in [0, 0.05) is 19.6 Å². The third-order valence-electron chi connectivity index (χ3n) is 3.79. The molecule has 1 aliphatic heterocycles. The number of para-hydroxylation sites is 1. The molecule has 0 spiro atoms. The van der Waals surface area contributed by atoms with Crippen LogP contribution in [0.4, 0.5) is 0 Å². The van der Waals surface area contributed by atoms with E-state index in [4.69, 9.17) is 4.74 Å². The predicted molar refractivity (Wildman–Crippen MR) is 85.4 cm³/mol. The molecule has 2 N–H and O–H groups in total. The van der Waals surface area contributed by atoms with Crippen LogP contribution < -0.4 is 15.4 Å². The zero-order chi connectivity index (χ0) is 15.4. The van der Waals surface area contributed by atoms with Crippen molar-refractivity contribution in [3.63, 3.8) is 0 Å². The third kappa shape index (κ3) is 3.46. The van der Waals surface area contributed by atoms with E-state index in [0.29, 0.717) is 12.3 Å². The van der Waals surface area contributed by atoms with Gasteiger partial charge in [0.2, 0.25) is 0 Å². The van der Waals surface area contributed by atoms with E-state index in [9.17, 15) is 4.79 Å². The standard InChI is InChI=1S/C18H20N2O2/c1-13(22-17-5-3-2-4-6-17)18(21)20-10-14-7-8-15-11-19-12-16(15)9-14/h2-9,13,19H,10-12H2,1H3,(H,20,21). The summed E-state index contributed by atoms with van der Waals surface area (Å²) in [6.07, 6.45) is -0.515. The van der Waals surface area contributed by atoms with E-state index in [1.165, 1.54) is 11.1 Å². The SMILES string of the molecule is CC(Oc1ccccc1)C(=O)NCc1ccc2c(c1)CNC2. The number of fused-ring (bicyclic) bond motifs is 1. The first-order chi connectivity index (χ1) is 10.7. The van der Waals surface area contributed by atoms with Crippen molar-refractivity contribution < 1.29 is 9.53 Å². The molecule has 4 heteroatoms. The monoisotopic (exact) mass is 296 g/mol. The van der Waals surface area contributed by atoms with Crippen LogP contribution in [0.5, 0.6) is 5.75 Å². The van der Waals surface area contributed by atoms with E-state index in [2.05, 4.69) is 28.8 Å². The van der Waals surface area contributed by atoms with Crippen LogP contribution in [0, 0.1) is 0 Å². The zero-order valence-corrected chi connectivity index (χ0v) is 12.6. The summed E-state index contributed by atoms with van der Waals surface area (Å²) in [6, 6.07) is 15.7. The Morgan fingerprint density at radius 2 is 1.95 bits per heavy atom. The number of hydrogen-bond donors (Lipinski definition) is 2. The van der Waals surface area contributed by atoms with E-state index < -0.39 is 6.10 Å². The van der Waals surface area contributed by atoms with E-state index in [0.717, 1.165) is 18.7 Å². The molecule has 0 aliphatic carbocycles. The molecule has 1 amide bonds. The normalized spacial score (nSPS) is 14.2. The van der Waals surface area contributed by atoms with Crippen LogP contribution in [0.25, 0.3) is 0 Å². The Morgan fingerprint density at radius 3 is 2.77 bits per heavy atom. The number of hydrogen-bond acceptors (Lipinski definition) is 3. The molecule has 22 heavy (non-hydrogen) atoms. The molecule has 1 atom stereocenters. The van der Waals surface area contributed by atoms with E-state index >= 15 is 0 Å². The number of amides is 1. The highest BCUT2D eigenvalue weighted by molar-refractivity contribution is 5.80. The Kier molecular flexibility index (Phi) is 4.39. The third-order valence-corrected chi connectivity index (χ3v) is 3.79. The molecule has 2 aromatic carbocycles. The fourth-order valence-corrected chi connectivity index (χ4v) is 2.55. The van der Waals surface area contributed by atoms with Crippen molar-refractivity contribution in [3.8, 4) is 5.75 Å². The van der Waals surface area contributed by atoms with Gasteiger partial charge in [-0.2, -0.15) is 0 Å². The van der Waals surface area contributed by atoms with Gasteiger partial charge < -0.3 is 15.4 Å². The molecule has 3 rings (SSSR count). The largest absolute Gasteiger partial charge is 0.481 e. The van der Waals surface area contributed by atoms with Gasteiger partial charge in [-0.15, -0.1) is 0 Å². The van der Waals surface area contributed by atoms with Crippen LogP contribution in [0.2, 0.25) is 0 Å². The molecule has 0 saturated carbocycles. The zero-order valence-electron chi connectivity index (χ0n) is 12.6. The fourth-order valence-electron chi connectivity index (χ4n) is 2.55. The van der Waals surface area contributed by atoms with E-state index in [1.54, 1.807) is 6.92 Å². The highest BCUT2D eigenvalue weighted by Crippen LogP contribution is 2.17. The van der Waals surface area contributed by atoms with E-state index in [1.807, 2.05) is 30.3 Å². The molecule has 4 nitrogen and oxygen atoms in total. The maximum atomic E-state index is 12.1. The van der Waals surface area contributed by atoms with Crippen molar-refractivity contribution in [3.05, 3.63) is 65.2 Å². The molecule has 0 fully saturated rings. The average molecular weight is 296 g/mol. The Balaban J connectivity index is 1.53. The van der Waals surface area contributed by atoms with Gasteiger partial charge in [-0.1, -0.05) is 36.4 Å². The van der Waals surface area contributed by atoms with Gasteiger partial charge in [0.15, 0.2) is 6.10 Å². The molecular weight excluding hydrogens is 276 g/mol. The molecule has 2 aromatic rings. The Bertz CT molecular complexity index is 655. The Morgan fingerprint density at radius 1 is 1.18 bits per heavy atom. The second kappa shape index (κ2) is 6.62. The summed E-state index contributed by atoms with van der Waals surface area (Å²) < 4.78 is 5.62. The topological polar surface area (TPSA) is 50.4 Å². The van der Waals surface area contributed by atoms with Crippen LogP contribution >= 0.6 is 0 Å². The van der Waals surface area contributed by atoms with Crippen LogP contribution in [0.15, 0.2) is 48.5 Å². The number of rotatable bonds is 5. The van der Waals surface area contributed by atoms with Crippen LogP contribution in [0.1, 0.15) is 23.6 Å². The van der Waals surface area contributed by atoms with Crippen molar-refractivity contribution in [2.45, 2.75) is 32.7 Å². The minimum atomic E-state index is -0.515. The maximum absolute atomic E-state index is 12.1. The first-order valence-corrected chi connectivity index (χ1v) is 7.53. The quantitative estimate of drug-likeness (QED) is 0.890. The van der Waals surface area contributed by atoms with Crippen molar-refractivity contribution in [2.24, 2.45) is 0 Å². The van der Waals surface area contributed by atoms with Crippen LogP contribution in [-0.4, -0.2) is 12.0 Å². The molecular formula is C18H20N2O2. The number of ether oxygens (including phenoxy) is 1. The molecule has 0 radical (unpaired) electrons. The van der Waals surface area contributed by atoms with Gasteiger partial charge in [0.05, 0.1) is 0 Å². The number of carbonyl (C=O) groups is 1. The predicted octanol–water partition coefficient (Wildman–Crippen LogP) is 2.37. The van der Waals surface area contributed by atoms with Crippen molar-refractivity contribution in [2.75, 3.05) is 0 Å². The van der Waals surface area contributed by atoms with E-state index in [-0.39, 0.29) is 5.91 Å². The molecule has 0 saturated heterocycles. The second-order valence-corrected chi connectivity index (χ2v) is 5.50. The molecule has 0 aromatic heterocycles. The number of carbonyl (C=O) groups excluding carboxylic acids is 1. The summed E-state index contributed by atoms with van der Waals surface area (Å²) in [7, 11) is 0. The second-order valence-electron chi connectivity index (χ2n) is 5.50. The molecule has 1 aliphatic rings. The van der Waals surface area contributed by atoms with Crippen molar-refractivity contribution >= 4 is 5.91 Å². The summed E-state index contributed by atoms with van der Waals surface area (Å²) in [4.78, 5) is 12.1. The maximum Gasteiger partial charge on any atom is 0.261 e. The summed E-state index contributed by atoms with van der Waals surface area (Å²) in [5.41, 5.74) is 3.78. The van der Waals surface area contributed by atoms with Gasteiger partial charge in [-0.3, -0.25) is 4.79 Å². The summed E-state index contributed by atoms with van der Waals surface area (Å²) in [5.74, 6) is 0.594. The van der Waals surface area contributed by atoms with Crippen LogP contribution in [-0.2, 0) is 24.4 Å². The fraction of sp³-hybridized carbons (Fsp3) is 0.278. The highest BCUT2D eigenvalue weighted by Gasteiger charge is 2.15. The average Bonchev–Trinajstić information content (AvgIpc) is 3.01. The minimum absolute atomic E-state index is 0.109. The van der Waals surface area contributed by atoms with Gasteiger partial charge in [-0.05, 0) is 35.7 Å². The van der Waals surface area contributed by atoms with Crippen LogP contribution in [0.3, 0.4) is 0 Å². The lowest BCUT2D eigenvalue weighted by molar-refractivity contribution is -0.127. The minimum Gasteiger partial charge on any atom is -0.481 e. The molecule has 0 bridgehead atoms. The Labute approximate surface area is 130 Å². The number of nitrogens with one attached hydrogen (secondary N) is 2. The lowest BCUT2D eigenvalue weighted by Crippen LogP contribution is -2.35. The number of benzene rings is 2. The van der Waals surface area contributed by atoms with Gasteiger partial charge in [0.25, 0.3) is 5.91 Å². The molecule has 1 heterocycles. The molecule has 114 valence electrons. The summed E-state index contributed by atoms with van der Waals surface area (Å²) >= 11 is 0. The lowest BCUT2D eigenvalue weighted by atomic mass is 10.1. The molecule has 1 unspecified atom stereocenters. The smallest absolute Gasteiger partial charge is 0.261 e.